The van der Waals surface area contributed by atoms with E-state index in [-0.39, 0.29) is 11.9 Å². The van der Waals surface area contributed by atoms with Gasteiger partial charge in [0.05, 0.1) is 19.8 Å². The van der Waals surface area contributed by atoms with Gasteiger partial charge in [0.2, 0.25) is 0 Å². The summed E-state index contributed by atoms with van der Waals surface area (Å²) in [7, 11) is 3.15. The number of fused-ring (bicyclic) bond motifs is 2. The molecule has 2 aromatic rings. The summed E-state index contributed by atoms with van der Waals surface area (Å²) in [6.07, 6.45) is 4.43. The number of nitrogens with zero attached hydrogens (tertiary/aromatic N) is 1. The van der Waals surface area contributed by atoms with Gasteiger partial charge in [0, 0.05) is 24.7 Å². The number of carbonyl (C=O) groups excluding carboxylic acids is 1. The Hall–Kier alpha value is -2.53. The van der Waals surface area contributed by atoms with E-state index in [0.29, 0.717) is 29.1 Å². The number of benzene rings is 2. The molecular formula is C23H28N2O3. The summed E-state index contributed by atoms with van der Waals surface area (Å²) in [6.45, 7) is 1.00. The Balaban J connectivity index is 1.42. The maximum atomic E-state index is 12.9. The van der Waals surface area contributed by atoms with E-state index in [9.17, 15) is 4.79 Å². The average molecular weight is 380 g/mol. The summed E-state index contributed by atoms with van der Waals surface area (Å²) < 4.78 is 10.7. The number of ether oxygens (including phenoxy) is 2. The zero-order valence-electron chi connectivity index (χ0n) is 16.6. The smallest absolute Gasteiger partial charge is 0.255 e. The minimum Gasteiger partial charge on any atom is -0.493 e. The van der Waals surface area contributed by atoms with Gasteiger partial charge >= 0.3 is 0 Å². The van der Waals surface area contributed by atoms with Gasteiger partial charge in [-0.05, 0) is 43.4 Å². The normalized spacial score (nSPS) is 24.0. The summed E-state index contributed by atoms with van der Waals surface area (Å²) in [6, 6.07) is 17.4. The Bertz CT molecular complexity index is 810. The Labute approximate surface area is 166 Å². The largest absolute Gasteiger partial charge is 0.493 e. The SMILES string of the molecule is COc1cccc(C(=O)NC2C[C@H]3CC[C@@H](C2)N3Cc2ccccc2)c1OC. The minimum atomic E-state index is -0.0864. The highest BCUT2D eigenvalue weighted by molar-refractivity contribution is 5.98. The van der Waals surface area contributed by atoms with Gasteiger partial charge in [-0.3, -0.25) is 9.69 Å². The molecule has 0 aliphatic carbocycles. The van der Waals surface area contributed by atoms with Crippen molar-refractivity contribution in [3.63, 3.8) is 0 Å². The van der Waals surface area contributed by atoms with E-state index < -0.39 is 0 Å². The van der Waals surface area contributed by atoms with Crippen LogP contribution in [0, 0.1) is 0 Å². The Morgan fingerprint density at radius 2 is 1.71 bits per heavy atom. The fraction of sp³-hybridized carbons (Fsp3) is 0.435. The molecule has 2 bridgehead atoms. The van der Waals surface area contributed by atoms with Crippen molar-refractivity contribution in [1.29, 1.82) is 0 Å². The van der Waals surface area contributed by atoms with Crippen molar-refractivity contribution >= 4 is 5.91 Å². The van der Waals surface area contributed by atoms with Crippen LogP contribution in [0.4, 0.5) is 0 Å². The van der Waals surface area contributed by atoms with Crippen LogP contribution < -0.4 is 14.8 Å². The van der Waals surface area contributed by atoms with Crippen molar-refractivity contribution in [2.24, 2.45) is 0 Å². The van der Waals surface area contributed by atoms with Crippen LogP contribution in [0.5, 0.6) is 11.5 Å². The second kappa shape index (κ2) is 8.23. The fourth-order valence-electron chi connectivity index (χ4n) is 4.77. The summed E-state index contributed by atoms with van der Waals surface area (Å²) in [5.41, 5.74) is 1.89. The lowest BCUT2D eigenvalue weighted by Crippen LogP contribution is -2.50. The van der Waals surface area contributed by atoms with Crippen LogP contribution in [-0.4, -0.2) is 43.2 Å². The van der Waals surface area contributed by atoms with Gasteiger partial charge in [-0.15, -0.1) is 0 Å². The number of amides is 1. The molecule has 4 rings (SSSR count). The van der Waals surface area contributed by atoms with Gasteiger partial charge in [-0.1, -0.05) is 36.4 Å². The number of nitrogens with one attached hydrogen (secondary N) is 1. The van der Waals surface area contributed by atoms with Crippen molar-refractivity contribution in [3.8, 4) is 11.5 Å². The molecule has 2 aliphatic rings. The highest BCUT2D eigenvalue weighted by Crippen LogP contribution is 2.37. The van der Waals surface area contributed by atoms with E-state index in [1.165, 1.54) is 18.4 Å². The van der Waals surface area contributed by atoms with E-state index in [4.69, 9.17) is 9.47 Å². The number of rotatable bonds is 6. The zero-order valence-corrected chi connectivity index (χ0v) is 16.6. The van der Waals surface area contributed by atoms with Crippen molar-refractivity contribution < 1.29 is 14.3 Å². The van der Waals surface area contributed by atoms with Gasteiger partial charge in [0.15, 0.2) is 11.5 Å². The quantitative estimate of drug-likeness (QED) is 0.831. The molecule has 0 spiro atoms. The minimum absolute atomic E-state index is 0.0864. The number of para-hydroxylation sites is 1. The third kappa shape index (κ3) is 3.72. The third-order valence-corrected chi connectivity index (χ3v) is 6.08. The number of methoxy groups -OCH3 is 2. The molecule has 5 heteroatoms. The molecular weight excluding hydrogens is 352 g/mol. The van der Waals surface area contributed by atoms with Crippen molar-refractivity contribution in [2.45, 2.75) is 50.4 Å². The maximum absolute atomic E-state index is 12.9. The van der Waals surface area contributed by atoms with Crippen molar-refractivity contribution in [2.75, 3.05) is 14.2 Å². The van der Waals surface area contributed by atoms with Gasteiger partial charge in [-0.2, -0.15) is 0 Å². The molecule has 2 fully saturated rings. The molecule has 2 heterocycles. The molecule has 148 valence electrons. The van der Waals surface area contributed by atoms with E-state index in [2.05, 4.69) is 40.5 Å². The average Bonchev–Trinajstić information content (AvgIpc) is 2.96. The summed E-state index contributed by atoms with van der Waals surface area (Å²) >= 11 is 0. The van der Waals surface area contributed by atoms with Crippen molar-refractivity contribution in [3.05, 3.63) is 59.7 Å². The lowest BCUT2D eigenvalue weighted by atomic mass is 9.96. The summed E-state index contributed by atoms with van der Waals surface area (Å²) in [5, 5.41) is 3.25. The topological polar surface area (TPSA) is 50.8 Å². The van der Waals surface area contributed by atoms with E-state index >= 15 is 0 Å². The molecule has 2 aliphatic heterocycles. The van der Waals surface area contributed by atoms with Gasteiger partial charge in [0.25, 0.3) is 5.91 Å². The van der Waals surface area contributed by atoms with Crippen LogP contribution in [0.2, 0.25) is 0 Å². The van der Waals surface area contributed by atoms with E-state index in [1.54, 1.807) is 26.4 Å². The number of piperidine rings is 1. The molecule has 0 saturated carbocycles. The van der Waals surface area contributed by atoms with E-state index in [1.807, 2.05) is 6.07 Å². The second-order valence-electron chi connectivity index (χ2n) is 7.73. The number of hydrogen-bond donors (Lipinski definition) is 1. The highest BCUT2D eigenvalue weighted by atomic mass is 16.5. The molecule has 2 saturated heterocycles. The third-order valence-electron chi connectivity index (χ3n) is 6.08. The van der Waals surface area contributed by atoms with Crippen LogP contribution in [0.15, 0.2) is 48.5 Å². The number of hydrogen-bond acceptors (Lipinski definition) is 4. The lowest BCUT2D eigenvalue weighted by Gasteiger charge is -2.39. The van der Waals surface area contributed by atoms with Crippen molar-refractivity contribution in [1.82, 2.24) is 10.2 Å². The van der Waals surface area contributed by atoms with Crippen LogP contribution in [0.1, 0.15) is 41.6 Å². The van der Waals surface area contributed by atoms with Crippen LogP contribution in [0.3, 0.4) is 0 Å². The lowest BCUT2D eigenvalue weighted by molar-refractivity contribution is 0.0825. The second-order valence-corrected chi connectivity index (χ2v) is 7.73. The number of carbonyl (C=O) groups is 1. The van der Waals surface area contributed by atoms with Crippen LogP contribution in [-0.2, 0) is 6.54 Å². The Kier molecular flexibility index (Phi) is 5.53. The molecule has 0 aromatic heterocycles. The Morgan fingerprint density at radius 1 is 1.00 bits per heavy atom. The molecule has 5 nitrogen and oxygen atoms in total. The Morgan fingerprint density at radius 3 is 2.36 bits per heavy atom. The molecule has 0 radical (unpaired) electrons. The molecule has 1 N–H and O–H groups in total. The fourth-order valence-corrected chi connectivity index (χ4v) is 4.77. The molecule has 1 amide bonds. The summed E-state index contributed by atoms with van der Waals surface area (Å²) in [5.74, 6) is 0.983. The zero-order chi connectivity index (χ0) is 19.5. The van der Waals surface area contributed by atoms with E-state index in [0.717, 1.165) is 19.4 Å². The first kappa shape index (κ1) is 18.8. The molecule has 1 unspecified atom stereocenters. The van der Waals surface area contributed by atoms with Gasteiger partial charge in [-0.25, -0.2) is 0 Å². The predicted molar refractivity (Wildman–Crippen MR) is 109 cm³/mol. The molecule has 3 atom stereocenters. The maximum Gasteiger partial charge on any atom is 0.255 e. The molecule has 28 heavy (non-hydrogen) atoms. The van der Waals surface area contributed by atoms with Crippen LogP contribution in [0.25, 0.3) is 0 Å². The predicted octanol–water partition coefficient (Wildman–Crippen LogP) is 3.63. The van der Waals surface area contributed by atoms with Gasteiger partial charge in [0.1, 0.15) is 0 Å². The highest BCUT2D eigenvalue weighted by Gasteiger charge is 2.41. The first-order valence-corrected chi connectivity index (χ1v) is 10.0. The first-order chi connectivity index (χ1) is 13.7. The molecule has 2 aromatic carbocycles. The first-order valence-electron chi connectivity index (χ1n) is 10.0. The summed E-state index contributed by atoms with van der Waals surface area (Å²) in [4.78, 5) is 15.5. The van der Waals surface area contributed by atoms with Gasteiger partial charge < -0.3 is 14.8 Å². The standard InChI is InChI=1S/C23H28N2O3/c1-27-21-10-6-9-20(22(21)28-2)23(26)24-17-13-18-11-12-19(14-17)25(18)15-16-7-4-3-5-8-16/h3-10,17-19H,11-15H2,1-2H3,(H,24,26)/t17?,18-,19+. The monoisotopic (exact) mass is 380 g/mol. The van der Waals surface area contributed by atoms with Crippen LogP contribution >= 0.6 is 0 Å².